The molecule has 0 aliphatic rings. The second kappa shape index (κ2) is 13.4. The Morgan fingerprint density at radius 1 is 0.304 bits per heavy atom. The standard InChI is InChI=1S/C54H35NS/c1-2-15-44(16-3-1)55(46-32-29-42-34-41(25-26-43(42)35-46)40-24-23-36-11-4-5-12-39(36)33-40)45-30-27-37(28-31-45)47-18-8-13-38-14-9-19-49(53(38)47)51-21-10-20-50-48-17-6-7-22-52(48)56-54(50)51/h1-35H. The van der Waals surface area contributed by atoms with E-state index in [0.717, 1.165) is 17.1 Å². The molecule has 1 aromatic heterocycles. The minimum atomic E-state index is 1.11. The maximum absolute atomic E-state index is 2.36. The van der Waals surface area contributed by atoms with Crippen molar-refractivity contribution in [2.75, 3.05) is 4.90 Å². The molecule has 1 nitrogen and oxygen atoms in total. The lowest BCUT2D eigenvalue weighted by atomic mass is 9.91. The largest absolute Gasteiger partial charge is 0.310 e. The quantitative estimate of drug-likeness (QED) is 0.165. The number of hydrogen-bond acceptors (Lipinski definition) is 2. The van der Waals surface area contributed by atoms with Crippen molar-refractivity contribution >= 4 is 80.9 Å². The lowest BCUT2D eigenvalue weighted by Crippen LogP contribution is -2.09. The highest BCUT2D eigenvalue weighted by molar-refractivity contribution is 7.26. The van der Waals surface area contributed by atoms with Gasteiger partial charge in [-0.15, -0.1) is 11.3 Å². The molecule has 11 rings (SSSR count). The van der Waals surface area contributed by atoms with E-state index in [4.69, 9.17) is 0 Å². The molecule has 0 fully saturated rings. The van der Waals surface area contributed by atoms with Gasteiger partial charge in [0.25, 0.3) is 0 Å². The zero-order chi connectivity index (χ0) is 37.0. The third kappa shape index (κ3) is 5.54. The summed E-state index contributed by atoms with van der Waals surface area (Å²) in [5.41, 5.74) is 10.8. The Morgan fingerprint density at radius 3 is 1.66 bits per heavy atom. The average molecular weight is 730 g/mol. The highest BCUT2D eigenvalue weighted by Crippen LogP contribution is 2.44. The van der Waals surface area contributed by atoms with Crippen LogP contribution in [0.3, 0.4) is 0 Å². The molecule has 2 heteroatoms. The summed E-state index contributed by atoms with van der Waals surface area (Å²) in [6.45, 7) is 0. The number of hydrogen-bond donors (Lipinski definition) is 0. The van der Waals surface area contributed by atoms with Gasteiger partial charge in [-0.05, 0) is 115 Å². The Bertz CT molecular complexity index is 3240. The van der Waals surface area contributed by atoms with Gasteiger partial charge in [0.2, 0.25) is 0 Å². The van der Waals surface area contributed by atoms with Crippen molar-refractivity contribution in [1.82, 2.24) is 0 Å². The fourth-order valence-corrected chi connectivity index (χ4v) is 9.73. The van der Waals surface area contributed by atoms with Gasteiger partial charge < -0.3 is 4.90 Å². The van der Waals surface area contributed by atoms with Crippen molar-refractivity contribution in [3.63, 3.8) is 0 Å². The Balaban J connectivity index is 0.988. The van der Waals surface area contributed by atoms with Crippen LogP contribution in [0.1, 0.15) is 0 Å². The number of rotatable bonds is 6. The van der Waals surface area contributed by atoms with E-state index >= 15 is 0 Å². The van der Waals surface area contributed by atoms with Crippen molar-refractivity contribution in [3.05, 3.63) is 212 Å². The van der Waals surface area contributed by atoms with Crippen LogP contribution < -0.4 is 4.90 Å². The first-order valence-electron chi connectivity index (χ1n) is 19.2. The molecule has 0 spiro atoms. The van der Waals surface area contributed by atoms with Gasteiger partial charge in [-0.25, -0.2) is 0 Å². The van der Waals surface area contributed by atoms with E-state index < -0.39 is 0 Å². The molecule has 11 aromatic rings. The topological polar surface area (TPSA) is 3.24 Å². The Morgan fingerprint density at radius 2 is 0.839 bits per heavy atom. The number of thiophene rings is 1. The van der Waals surface area contributed by atoms with Gasteiger partial charge in [-0.1, -0.05) is 158 Å². The van der Waals surface area contributed by atoms with E-state index in [1.54, 1.807) is 0 Å². The number of nitrogens with zero attached hydrogens (tertiary/aromatic N) is 1. The third-order valence-corrected chi connectivity index (χ3v) is 12.4. The summed E-state index contributed by atoms with van der Waals surface area (Å²) >= 11 is 1.89. The highest BCUT2D eigenvalue weighted by atomic mass is 32.1. The molecule has 1 heterocycles. The lowest BCUT2D eigenvalue weighted by Gasteiger charge is -2.26. The second-order valence-corrected chi connectivity index (χ2v) is 15.6. The molecule has 0 atom stereocenters. The van der Waals surface area contributed by atoms with Crippen LogP contribution >= 0.6 is 11.3 Å². The van der Waals surface area contributed by atoms with Crippen molar-refractivity contribution in [3.8, 4) is 33.4 Å². The van der Waals surface area contributed by atoms with Gasteiger partial charge in [0.1, 0.15) is 0 Å². The third-order valence-electron chi connectivity index (χ3n) is 11.2. The molecule has 56 heavy (non-hydrogen) atoms. The predicted molar refractivity (Wildman–Crippen MR) is 243 cm³/mol. The van der Waals surface area contributed by atoms with E-state index in [2.05, 4.69) is 217 Å². The molecule has 10 aromatic carbocycles. The molecule has 0 amide bonds. The lowest BCUT2D eigenvalue weighted by molar-refractivity contribution is 1.29. The first-order valence-corrected chi connectivity index (χ1v) is 20.0. The fraction of sp³-hybridized carbons (Fsp3) is 0. The Hall–Kier alpha value is -7.00. The maximum atomic E-state index is 2.36. The Kier molecular flexibility index (Phi) is 7.75. The van der Waals surface area contributed by atoms with Gasteiger partial charge in [0, 0.05) is 42.8 Å². The Labute approximate surface area is 330 Å². The number of anilines is 3. The van der Waals surface area contributed by atoms with Gasteiger partial charge in [-0.2, -0.15) is 0 Å². The van der Waals surface area contributed by atoms with Gasteiger partial charge in [-0.3, -0.25) is 0 Å². The molecule has 0 N–H and O–H groups in total. The van der Waals surface area contributed by atoms with E-state index in [-0.39, 0.29) is 0 Å². The van der Waals surface area contributed by atoms with Crippen LogP contribution in [0.5, 0.6) is 0 Å². The molecule has 0 unspecified atom stereocenters. The van der Waals surface area contributed by atoms with Crippen LogP contribution in [0.4, 0.5) is 17.1 Å². The minimum absolute atomic E-state index is 1.11. The molecule has 0 aliphatic heterocycles. The highest BCUT2D eigenvalue weighted by Gasteiger charge is 2.17. The number of benzene rings is 10. The van der Waals surface area contributed by atoms with Crippen molar-refractivity contribution in [2.24, 2.45) is 0 Å². The summed E-state index contributed by atoms with van der Waals surface area (Å²) in [6, 6.07) is 77.7. The van der Waals surface area contributed by atoms with Crippen molar-refractivity contribution in [2.45, 2.75) is 0 Å². The van der Waals surface area contributed by atoms with Crippen LogP contribution in [0.25, 0.3) is 85.9 Å². The van der Waals surface area contributed by atoms with E-state index in [0.29, 0.717) is 0 Å². The van der Waals surface area contributed by atoms with Crippen LogP contribution in [0, 0.1) is 0 Å². The normalized spacial score (nSPS) is 11.6. The van der Waals surface area contributed by atoms with Gasteiger partial charge >= 0.3 is 0 Å². The summed E-state index contributed by atoms with van der Waals surface area (Å²) in [4.78, 5) is 2.36. The molecule has 0 radical (unpaired) electrons. The second-order valence-electron chi connectivity index (χ2n) is 14.5. The fourth-order valence-electron chi connectivity index (χ4n) is 8.50. The summed E-state index contributed by atoms with van der Waals surface area (Å²) in [5, 5.41) is 10.1. The summed E-state index contributed by atoms with van der Waals surface area (Å²) in [5.74, 6) is 0. The van der Waals surface area contributed by atoms with Crippen molar-refractivity contribution < 1.29 is 0 Å². The number of para-hydroxylation sites is 1. The smallest absolute Gasteiger partial charge is 0.0468 e. The zero-order valence-corrected chi connectivity index (χ0v) is 31.4. The molecular formula is C54H35NS. The van der Waals surface area contributed by atoms with E-state index in [9.17, 15) is 0 Å². The van der Waals surface area contributed by atoms with Crippen molar-refractivity contribution in [1.29, 1.82) is 0 Å². The molecule has 262 valence electrons. The summed E-state index contributed by atoms with van der Waals surface area (Å²) in [7, 11) is 0. The van der Waals surface area contributed by atoms with Gasteiger partial charge in [0.15, 0.2) is 0 Å². The summed E-state index contributed by atoms with van der Waals surface area (Å²) < 4.78 is 2.66. The minimum Gasteiger partial charge on any atom is -0.310 e. The molecule has 0 aliphatic carbocycles. The van der Waals surface area contributed by atoms with Crippen LogP contribution in [-0.2, 0) is 0 Å². The molecule has 0 bridgehead atoms. The SMILES string of the molecule is c1ccc(N(c2ccc(-c3cccc4cccc(-c5cccc6c5sc5ccccc56)c34)cc2)c2ccc3cc(-c4ccc5ccccc5c4)ccc3c2)cc1. The van der Waals surface area contributed by atoms with Gasteiger partial charge in [0.05, 0.1) is 0 Å². The van der Waals surface area contributed by atoms with Crippen LogP contribution in [0.15, 0.2) is 212 Å². The average Bonchev–Trinajstić information content (AvgIpc) is 3.65. The molecule has 0 saturated carbocycles. The molecular weight excluding hydrogens is 695 g/mol. The zero-order valence-electron chi connectivity index (χ0n) is 30.6. The summed E-state index contributed by atoms with van der Waals surface area (Å²) in [6.07, 6.45) is 0. The maximum Gasteiger partial charge on any atom is 0.0468 e. The van der Waals surface area contributed by atoms with E-state index in [1.165, 1.54) is 85.9 Å². The van der Waals surface area contributed by atoms with Crippen LogP contribution in [-0.4, -0.2) is 0 Å². The first-order chi connectivity index (χ1) is 27.7. The molecule has 0 saturated heterocycles. The first kappa shape index (κ1) is 32.4. The van der Waals surface area contributed by atoms with E-state index in [1.807, 2.05) is 11.3 Å². The predicted octanol–water partition coefficient (Wildman–Crippen LogP) is 16.0. The monoisotopic (exact) mass is 729 g/mol. The van der Waals surface area contributed by atoms with Crippen LogP contribution in [0.2, 0.25) is 0 Å². The number of fused-ring (bicyclic) bond motifs is 6.